The van der Waals surface area contributed by atoms with Crippen molar-refractivity contribution in [3.63, 3.8) is 0 Å². The van der Waals surface area contributed by atoms with Crippen LogP contribution in [-0.4, -0.2) is 17.0 Å². The zero-order valence-electron chi connectivity index (χ0n) is 10.6. The molecular formula is C14H12F2N2O2. The second kappa shape index (κ2) is 6.10. The standard InChI is InChI=1S/C14H12F2N2O2/c1-9(14(19)18-11-3-2-6-17-8-11)20-13-5-4-10(15)7-12(13)16/h2-9H,1H3,(H,18,19)/t9-/m1/s1. The molecule has 4 nitrogen and oxygen atoms in total. The molecule has 0 unspecified atom stereocenters. The Morgan fingerprint density at radius 2 is 2.15 bits per heavy atom. The number of carbonyl (C=O) groups excluding carboxylic acids is 1. The fourth-order valence-electron chi connectivity index (χ4n) is 1.50. The maximum Gasteiger partial charge on any atom is 0.265 e. The topological polar surface area (TPSA) is 51.2 Å². The Labute approximate surface area is 114 Å². The van der Waals surface area contributed by atoms with Crippen LogP contribution in [0.25, 0.3) is 0 Å². The molecule has 1 amide bonds. The van der Waals surface area contributed by atoms with Crippen molar-refractivity contribution in [2.75, 3.05) is 5.32 Å². The lowest BCUT2D eigenvalue weighted by atomic mass is 10.3. The number of anilines is 1. The van der Waals surface area contributed by atoms with Crippen LogP contribution in [0, 0.1) is 11.6 Å². The third-order valence-electron chi connectivity index (χ3n) is 2.50. The van der Waals surface area contributed by atoms with Gasteiger partial charge in [0.05, 0.1) is 11.9 Å². The summed E-state index contributed by atoms with van der Waals surface area (Å²) in [7, 11) is 0. The number of nitrogens with one attached hydrogen (secondary N) is 1. The fourth-order valence-corrected chi connectivity index (χ4v) is 1.50. The van der Waals surface area contributed by atoms with Gasteiger partial charge in [-0.15, -0.1) is 0 Å². The Morgan fingerprint density at radius 1 is 1.35 bits per heavy atom. The molecule has 0 fully saturated rings. The summed E-state index contributed by atoms with van der Waals surface area (Å²) < 4.78 is 31.3. The van der Waals surface area contributed by atoms with E-state index in [-0.39, 0.29) is 5.75 Å². The zero-order chi connectivity index (χ0) is 14.5. The van der Waals surface area contributed by atoms with Crippen LogP contribution in [0.2, 0.25) is 0 Å². The van der Waals surface area contributed by atoms with E-state index < -0.39 is 23.6 Å². The summed E-state index contributed by atoms with van der Waals surface area (Å²) >= 11 is 0. The summed E-state index contributed by atoms with van der Waals surface area (Å²) in [6.07, 6.45) is 2.11. The molecule has 0 aliphatic heterocycles. The highest BCUT2D eigenvalue weighted by atomic mass is 19.1. The van der Waals surface area contributed by atoms with E-state index in [4.69, 9.17) is 4.74 Å². The molecule has 1 aromatic carbocycles. The zero-order valence-corrected chi connectivity index (χ0v) is 10.6. The van der Waals surface area contributed by atoms with Crippen molar-refractivity contribution in [1.82, 2.24) is 4.98 Å². The van der Waals surface area contributed by atoms with Crippen molar-refractivity contribution in [1.29, 1.82) is 0 Å². The van der Waals surface area contributed by atoms with Gasteiger partial charge in [-0.3, -0.25) is 9.78 Å². The van der Waals surface area contributed by atoms with E-state index in [0.717, 1.165) is 12.1 Å². The molecule has 0 saturated carbocycles. The summed E-state index contributed by atoms with van der Waals surface area (Å²) in [5.41, 5.74) is 0.507. The third kappa shape index (κ3) is 3.50. The minimum absolute atomic E-state index is 0.180. The minimum atomic E-state index is -0.935. The number of ether oxygens (including phenoxy) is 1. The highest BCUT2D eigenvalue weighted by molar-refractivity contribution is 5.93. The van der Waals surface area contributed by atoms with Gasteiger partial charge in [-0.2, -0.15) is 0 Å². The molecule has 0 aliphatic carbocycles. The number of rotatable bonds is 4. The first-order valence-corrected chi connectivity index (χ1v) is 5.89. The van der Waals surface area contributed by atoms with E-state index >= 15 is 0 Å². The highest BCUT2D eigenvalue weighted by Gasteiger charge is 2.17. The number of nitrogens with zero attached hydrogens (tertiary/aromatic N) is 1. The number of aromatic nitrogens is 1. The van der Waals surface area contributed by atoms with Crippen LogP contribution in [0.4, 0.5) is 14.5 Å². The van der Waals surface area contributed by atoms with Gasteiger partial charge >= 0.3 is 0 Å². The third-order valence-corrected chi connectivity index (χ3v) is 2.50. The van der Waals surface area contributed by atoms with Crippen molar-refractivity contribution < 1.29 is 18.3 Å². The molecule has 0 saturated heterocycles. The second-order valence-electron chi connectivity index (χ2n) is 4.07. The van der Waals surface area contributed by atoms with Gasteiger partial charge in [0, 0.05) is 12.3 Å². The highest BCUT2D eigenvalue weighted by Crippen LogP contribution is 2.19. The van der Waals surface area contributed by atoms with Crippen molar-refractivity contribution >= 4 is 11.6 Å². The maximum atomic E-state index is 13.4. The number of hydrogen-bond donors (Lipinski definition) is 1. The second-order valence-corrected chi connectivity index (χ2v) is 4.07. The molecule has 1 aromatic heterocycles. The average molecular weight is 278 g/mol. The predicted molar refractivity (Wildman–Crippen MR) is 69.3 cm³/mol. The largest absolute Gasteiger partial charge is 0.478 e. The van der Waals surface area contributed by atoms with Gasteiger partial charge in [0.15, 0.2) is 17.7 Å². The normalized spacial score (nSPS) is 11.8. The number of hydrogen-bond acceptors (Lipinski definition) is 3. The Kier molecular flexibility index (Phi) is 4.24. The van der Waals surface area contributed by atoms with E-state index in [9.17, 15) is 13.6 Å². The first-order valence-electron chi connectivity index (χ1n) is 5.89. The summed E-state index contributed by atoms with van der Waals surface area (Å²) in [5, 5.41) is 2.57. The van der Waals surface area contributed by atoms with Gasteiger partial charge in [0.2, 0.25) is 0 Å². The van der Waals surface area contributed by atoms with E-state index in [0.29, 0.717) is 11.8 Å². The Bertz CT molecular complexity index is 605. The lowest BCUT2D eigenvalue weighted by Crippen LogP contribution is -2.30. The smallest absolute Gasteiger partial charge is 0.265 e. The van der Waals surface area contributed by atoms with Crippen LogP contribution in [0.1, 0.15) is 6.92 Å². The van der Waals surface area contributed by atoms with Gasteiger partial charge in [0.25, 0.3) is 5.91 Å². The van der Waals surface area contributed by atoms with Gasteiger partial charge in [-0.1, -0.05) is 0 Å². The van der Waals surface area contributed by atoms with Crippen LogP contribution in [0.5, 0.6) is 5.75 Å². The van der Waals surface area contributed by atoms with Crippen LogP contribution in [0.3, 0.4) is 0 Å². The van der Waals surface area contributed by atoms with Crippen molar-refractivity contribution in [2.24, 2.45) is 0 Å². The number of amides is 1. The summed E-state index contributed by atoms with van der Waals surface area (Å²) in [5.74, 6) is -2.20. The molecule has 0 radical (unpaired) electrons. The number of carbonyl (C=O) groups is 1. The fraction of sp³-hybridized carbons (Fsp3) is 0.143. The SMILES string of the molecule is C[C@@H](Oc1ccc(F)cc1F)C(=O)Nc1cccnc1. The molecule has 1 N–H and O–H groups in total. The average Bonchev–Trinajstić information content (AvgIpc) is 2.43. The molecule has 6 heteroatoms. The minimum Gasteiger partial charge on any atom is -0.478 e. The lowest BCUT2D eigenvalue weighted by Gasteiger charge is -2.15. The quantitative estimate of drug-likeness (QED) is 0.935. The van der Waals surface area contributed by atoms with Crippen molar-refractivity contribution in [2.45, 2.75) is 13.0 Å². The Hall–Kier alpha value is -2.50. The van der Waals surface area contributed by atoms with Crippen molar-refractivity contribution in [3.8, 4) is 5.75 Å². The van der Waals surface area contributed by atoms with E-state index in [2.05, 4.69) is 10.3 Å². The van der Waals surface area contributed by atoms with Crippen LogP contribution >= 0.6 is 0 Å². The molecule has 1 heterocycles. The lowest BCUT2D eigenvalue weighted by molar-refractivity contribution is -0.122. The molecule has 20 heavy (non-hydrogen) atoms. The van der Waals surface area contributed by atoms with Crippen molar-refractivity contribution in [3.05, 3.63) is 54.4 Å². The Balaban J connectivity index is 2.00. The number of halogens is 2. The predicted octanol–water partition coefficient (Wildman–Crippen LogP) is 2.77. The maximum absolute atomic E-state index is 13.4. The summed E-state index contributed by atoms with van der Waals surface area (Å²) in [6.45, 7) is 1.47. The van der Waals surface area contributed by atoms with Gasteiger partial charge in [-0.05, 0) is 31.2 Å². The summed E-state index contributed by atoms with van der Waals surface area (Å²) in [4.78, 5) is 15.7. The molecule has 0 bridgehead atoms. The van der Waals surface area contributed by atoms with Gasteiger partial charge < -0.3 is 10.1 Å². The van der Waals surface area contributed by atoms with Gasteiger partial charge in [0.1, 0.15) is 5.82 Å². The number of benzene rings is 1. The first kappa shape index (κ1) is 13.9. The molecule has 2 rings (SSSR count). The summed E-state index contributed by atoms with van der Waals surface area (Å²) in [6, 6.07) is 6.22. The van der Waals surface area contributed by atoms with Crippen LogP contribution in [0.15, 0.2) is 42.7 Å². The number of pyridine rings is 1. The molecular weight excluding hydrogens is 266 g/mol. The van der Waals surface area contributed by atoms with Gasteiger partial charge in [-0.25, -0.2) is 8.78 Å². The van der Waals surface area contributed by atoms with E-state index in [1.54, 1.807) is 18.3 Å². The van der Waals surface area contributed by atoms with Crippen LogP contribution in [-0.2, 0) is 4.79 Å². The van der Waals surface area contributed by atoms with E-state index in [1.165, 1.54) is 13.1 Å². The molecule has 104 valence electrons. The van der Waals surface area contributed by atoms with E-state index in [1.807, 2.05) is 0 Å². The molecule has 2 aromatic rings. The molecule has 1 atom stereocenters. The monoisotopic (exact) mass is 278 g/mol. The van der Waals surface area contributed by atoms with Crippen LogP contribution < -0.4 is 10.1 Å². The molecule has 0 spiro atoms. The molecule has 0 aliphatic rings. The Morgan fingerprint density at radius 3 is 2.80 bits per heavy atom. The first-order chi connectivity index (χ1) is 9.56.